The third-order valence-corrected chi connectivity index (χ3v) is 5.47. The second-order valence-electron chi connectivity index (χ2n) is 7.31. The van der Waals surface area contributed by atoms with Crippen LogP contribution < -0.4 is 16.0 Å². The van der Waals surface area contributed by atoms with Crippen molar-refractivity contribution >= 4 is 45.8 Å². The van der Waals surface area contributed by atoms with Crippen LogP contribution in [0.3, 0.4) is 0 Å². The number of carbonyl (C=O) groups is 2. The molecule has 4 N–H and O–H groups in total. The molecule has 2 amide bonds. The quantitative estimate of drug-likeness (QED) is 0.295. The zero-order chi connectivity index (χ0) is 24.7. The Hall–Kier alpha value is -3.12. The predicted octanol–water partition coefficient (Wildman–Crippen LogP) is 4.46. The lowest BCUT2D eigenvalue weighted by Gasteiger charge is -2.18. The number of rotatable bonds is 8. The normalized spacial score (nSPS) is 12.0. The zero-order valence-corrected chi connectivity index (χ0v) is 19.9. The average molecular weight is 583 g/mol. The lowest BCUT2D eigenvalue weighted by molar-refractivity contribution is -0.137. The number of aliphatic hydroxyl groups is 1. The van der Waals surface area contributed by atoms with Gasteiger partial charge in [-0.3, -0.25) is 9.59 Å². The molecule has 34 heavy (non-hydrogen) atoms. The van der Waals surface area contributed by atoms with Gasteiger partial charge < -0.3 is 21.1 Å². The molecule has 3 aromatic carbocycles. The highest BCUT2D eigenvalue weighted by Gasteiger charge is 2.30. The molecule has 0 saturated carbocycles. The molecule has 0 bridgehead atoms. The fourth-order valence-electron chi connectivity index (χ4n) is 3.11. The van der Waals surface area contributed by atoms with Crippen molar-refractivity contribution in [2.75, 3.05) is 11.9 Å². The van der Waals surface area contributed by atoms with Crippen molar-refractivity contribution in [3.8, 4) is 0 Å². The van der Waals surface area contributed by atoms with Gasteiger partial charge in [0, 0.05) is 15.8 Å². The molecule has 6 nitrogen and oxygen atoms in total. The number of para-hydroxylation sites is 1. The molecule has 0 aliphatic heterocycles. The van der Waals surface area contributed by atoms with Gasteiger partial charge in [0.2, 0.25) is 5.91 Å². The first-order chi connectivity index (χ1) is 16.2. The number of anilines is 2. The summed E-state index contributed by atoms with van der Waals surface area (Å²) in [6.45, 7) is -0.414. The average Bonchev–Trinajstić information content (AvgIpc) is 2.81. The van der Waals surface area contributed by atoms with Crippen molar-refractivity contribution in [2.45, 2.75) is 18.8 Å². The Labute approximate surface area is 207 Å². The maximum atomic E-state index is 13.0. The fourth-order valence-corrected chi connectivity index (χ4v) is 3.72. The highest BCUT2D eigenvalue weighted by Crippen LogP contribution is 2.31. The minimum atomic E-state index is -4.51. The second kappa shape index (κ2) is 11.3. The van der Waals surface area contributed by atoms with Crippen LogP contribution in [0.4, 0.5) is 24.5 Å². The van der Waals surface area contributed by atoms with Crippen LogP contribution in [0.5, 0.6) is 0 Å². The van der Waals surface area contributed by atoms with E-state index in [2.05, 4.69) is 38.5 Å². The first-order valence-electron chi connectivity index (χ1n) is 10.1. The minimum absolute atomic E-state index is 0.101. The van der Waals surface area contributed by atoms with Gasteiger partial charge in [0.15, 0.2) is 0 Å². The number of nitrogens with one attached hydrogen (secondary N) is 3. The Morgan fingerprint density at radius 3 is 2.41 bits per heavy atom. The SMILES string of the molecule is O=C(NC(CO)C(=O)NCc1cccc(I)c1)c1ccccc1Nc1cccc(C(F)(F)F)c1. The van der Waals surface area contributed by atoms with Gasteiger partial charge in [0.05, 0.1) is 23.4 Å². The summed E-state index contributed by atoms with van der Waals surface area (Å²) in [4.78, 5) is 25.3. The van der Waals surface area contributed by atoms with E-state index in [0.29, 0.717) is 0 Å². The Morgan fingerprint density at radius 2 is 1.71 bits per heavy atom. The van der Waals surface area contributed by atoms with E-state index in [1.807, 2.05) is 24.3 Å². The van der Waals surface area contributed by atoms with E-state index in [4.69, 9.17) is 0 Å². The summed E-state index contributed by atoms with van der Waals surface area (Å²) in [5, 5.41) is 17.6. The van der Waals surface area contributed by atoms with Crippen LogP contribution in [-0.2, 0) is 17.5 Å². The molecular formula is C24H21F3IN3O3. The standard InChI is InChI=1S/C24H21F3IN3O3/c25-24(26,27)16-6-4-8-18(12-16)30-20-10-2-1-9-19(20)22(33)31-21(14-32)23(34)29-13-15-5-3-7-17(28)11-15/h1-12,21,30,32H,13-14H2,(H,29,34)(H,31,33). The van der Waals surface area contributed by atoms with Gasteiger partial charge in [-0.1, -0.05) is 30.3 Å². The van der Waals surface area contributed by atoms with Crippen molar-refractivity contribution < 1.29 is 27.9 Å². The van der Waals surface area contributed by atoms with Crippen molar-refractivity contribution in [2.24, 2.45) is 0 Å². The van der Waals surface area contributed by atoms with Crippen LogP contribution in [0.25, 0.3) is 0 Å². The summed E-state index contributed by atoms with van der Waals surface area (Å²) in [6.07, 6.45) is -4.51. The number of hydrogen-bond donors (Lipinski definition) is 4. The van der Waals surface area contributed by atoms with Crippen molar-refractivity contribution in [1.82, 2.24) is 10.6 Å². The second-order valence-corrected chi connectivity index (χ2v) is 8.55. The smallest absolute Gasteiger partial charge is 0.394 e. The van der Waals surface area contributed by atoms with E-state index >= 15 is 0 Å². The Kier molecular flexibility index (Phi) is 8.51. The molecule has 0 heterocycles. The topological polar surface area (TPSA) is 90.5 Å². The van der Waals surface area contributed by atoms with Gasteiger partial charge in [0.1, 0.15) is 6.04 Å². The number of alkyl halides is 3. The molecular weight excluding hydrogens is 562 g/mol. The maximum absolute atomic E-state index is 13.0. The van der Waals surface area contributed by atoms with Gasteiger partial charge >= 0.3 is 6.18 Å². The van der Waals surface area contributed by atoms with Gasteiger partial charge in [-0.2, -0.15) is 13.2 Å². The van der Waals surface area contributed by atoms with E-state index < -0.39 is 36.2 Å². The largest absolute Gasteiger partial charge is 0.416 e. The van der Waals surface area contributed by atoms with Gasteiger partial charge in [-0.25, -0.2) is 0 Å². The fraction of sp³-hybridized carbons (Fsp3) is 0.167. The maximum Gasteiger partial charge on any atom is 0.416 e. The van der Waals surface area contributed by atoms with Crippen LogP contribution in [0.1, 0.15) is 21.5 Å². The first kappa shape index (κ1) is 25.5. The Balaban J connectivity index is 1.70. The zero-order valence-electron chi connectivity index (χ0n) is 17.7. The molecule has 0 aliphatic rings. The number of benzene rings is 3. The van der Waals surface area contributed by atoms with Gasteiger partial charge in [-0.05, 0) is 70.6 Å². The number of hydrogen-bond acceptors (Lipinski definition) is 4. The summed E-state index contributed by atoms with van der Waals surface area (Å²) in [5.74, 6) is -1.24. The number of carbonyl (C=O) groups excluding carboxylic acids is 2. The van der Waals surface area contributed by atoms with Crippen LogP contribution >= 0.6 is 22.6 Å². The third kappa shape index (κ3) is 6.94. The predicted molar refractivity (Wildman–Crippen MR) is 131 cm³/mol. The molecule has 0 radical (unpaired) electrons. The van der Waals surface area contributed by atoms with Crippen LogP contribution in [-0.4, -0.2) is 29.6 Å². The number of halogens is 4. The summed E-state index contributed by atoms with van der Waals surface area (Å²) in [7, 11) is 0. The number of aliphatic hydroxyl groups excluding tert-OH is 1. The van der Waals surface area contributed by atoms with E-state index in [0.717, 1.165) is 21.3 Å². The molecule has 0 fully saturated rings. The molecule has 1 atom stereocenters. The summed E-state index contributed by atoms with van der Waals surface area (Å²) in [6, 6.07) is 17.0. The minimum Gasteiger partial charge on any atom is -0.394 e. The van der Waals surface area contributed by atoms with Gasteiger partial charge in [0.25, 0.3) is 5.91 Å². The van der Waals surface area contributed by atoms with Crippen molar-refractivity contribution in [3.05, 3.63) is 93.1 Å². The van der Waals surface area contributed by atoms with E-state index in [-0.39, 0.29) is 23.5 Å². The summed E-state index contributed by atoms with van der Waals surface area (Å²) in [5.41, 5.74) is 0.520. The molecule has 178 valence electrons. The summed E-state index contributed by atoms with van der Waals surface area (Å²) >= 11 is 2.15. The highest BCUT2D eigenvalue weighted by molar-refractivity contribution is 14.1. The molecule has 0 aliphatic carbocycles. The molecule has 1 unspecified atom stereocenters. The monoisotopic (exact) mass is 583 g/mol. The lowest BCUT2D eigenvalue weighted by Crippen LogP contribution is -2.48. The summed E-state index contributed by atoms with van der Waals surface area (Å²) < 4.78 is 40.0. The van der Waals surface area contributed by atoms with E-state index in [1.54, 1.807) is 12.1 Å². The van der Waals surface area contributed by atoms with Gasteiger partial charge in [-0.15, -0.1) is 0 Å². The molecule has 3 rings (SSSR count). The van der Waals surface area contributed by atoms with Crippen molar-refractivity contribution in [3.63, 3.8) is 0 Å². The lowest BCUT2D eigenvalue weighted by atomic mass is 10.1. The number of amides is 2. The van der Waals surface area contributed by atoms with E-state index in [9.17, 15) is 27.9 Å². The molecule has 0 saturated heterocycles. The third-order valence-electron chi connectivity index (χ3n) is 4.80. The van der Waals surface area contributed by atoms with Crippen LogP contribution in [0.2, 0.25) is 0 Å². The molecule has 0 spiro atoms. The Morgan fingerprint density at radius 1 is 0.971 bits per heavy atom. The van der Waals surface area contributed by atoms with E-state index in [1.165, 1.54) is 24.3 Å². The van der Waals surface area contributed by atoms with Crippen molar-refractivity contribution in [1.29, 1.82) is 0 Å². The Bertz CT molecular complexity index is 1170. The highest BCUT2D eigenvalue weighted by atomic mass is 127. The molecule has 10 heteroatoms. The molecule has 0 aromatic heterocycles. The van der Waals surface area contributed by atoms with Crippen LogP contribution in [0, 0.1) is 3.57 Å². The molecule has 3 aromatic rings. The van der Waals surface area contributed by atoms with Crippen LogP contribution in [0.15, 0.2) is 72.8 Å². The first-order valence-corrected chi connectivity index (χ1v) is 11.2.